The minimum absolute atomic E-state index is 0.525. The van der Waals surface area contributed by atoms with Crippen molar-refractivity contribution in [2.75, 3.05) is 34.3 Å². The lowest BCUT2D eigenvalue weighted by atomic mass is 9.87. The predicted octanol–water partition coefficient (Wildman–Crippen LogP) is 2.61. The first-order valence-corrected chi connectivity index (χ1v) is 7.25. The molecule has 0 bridgehead atoms. The van der Waals surface area contributed by atoms with Gasteiger partial charge in [0.15, 0.2) is 0 Å². The van der Waals surface area contributed by atoms with Crippen LogP contribution in [0.5, 0.6) is 5.75 Å². The number of methoxy groups -OCH3 is 1. The lowest BCUT2D eigenvalue weighted by Gasteiger charge is -2.27. The number of aryl methyl sites for hydroxylation is 1. The van der Waals surface area contributed by atoms with Crippen LogP contribution in [0.3, 0.4) is 0 Å². The fourth-order valence-corrected chi connectivity index (χ4v) is 2.80. The number of nitrogens with zero attached hydrogens (tertiary/aromatic N) is 1. The summed E-state index contributed by atoms with van der Waals surface area (Å²) in [6.45, 7) is 2.24. The standard InChI is InChI=1S/C16H26N2O/c1-18(2)11-5-10-17-16-7-4-6-13-12-14(19-3)8-9-15(13)16/h8-9,12,16-17H,4-7,10-11H2,1-3H3. The quantitative estimate of drug-likeness (QED) is 0.798. The third-order valence-electron chi connectivity index (χ3n) is 3.84. The molecule has 19 heavy (non-hydrogen) atoms. The number of benzene rings is 1. The fourth-order valence-electron chi connectivity index (χ4n) is 2.80. The van der Waals surface area contributed by atoms with E-state index >= 15 is 0 Å². The SMILES string of the molecule is COc1ccc2c(c1)CCCC2NCCCN(C)C. The summed E-state index contributed by atoms with van der Waals surface area (Å²) in [6.07, 6.45) is 4.91. The van der Waals surface area contributed by atoms with E-state index in [-0.39, 0.29) is 0 Å². The summed E-state index contributed by atoms with van der Waals surface area (Å²) < 4.78 is 5.31. The molecule has 1 aromatic rings. The Hall–Kier alpha value is -1.06. The number of ether oxygens (including phenoxy) is 1. The molecule has 0 radical (unpaired) electrons. The van der Waals surface area contributed by atoms with Gasteiger partial charge in [-0.2, -0.15) is 0 Å². The number of fused-ring (bicyclic) bond motifs is 1. The van der Waals surface area contributed by atoms with Gasteiger partial charge >= 0.3 is 0 Å². The topological polar surface area (TPSA) is 24.5 Å². The molecule has 0 heterocycles. The van der Waals surface area contributed by atoms with Crippen molar-refractivity contribution in [2.24, 2.45) is 0 Å². The average molecular weight is 262 g/mol. The summed E-state index contributed by atoms with van der Waals surface area (Å²) >= 11 is 0. The molecule has 1 aliphatic carbocycles. The molecule has 0 amide bonds. The molecule has 0 saturated heterocycles. The molecule has 106 valence electrons. The van der Waals surface area contributed by atoms with Gasteiger partial charge in [0.1, 0.15) is 5.75 Å². The first-order chi connectivity index (χ1) is 9.20. The van der Waals surface area contributed by atoms with E-state index in [2.05, 4.69) is 42.5 Å². The molecule has 1 N–H and O–H groups in total. The van der Waals surface area contributed by atoms with Crippen LogP contribution in [0.15, 0.2) is 18.2 Å². The van der Waals surface area contributed by atoms with Crippen molar-refractivity contribution < 1.29 is 4.74 Å². The van der Waals surface area contributed by atoms with Gasteiger partial charge in [-0.1, -0.05) is 6.07 Å². The molecule has 2 rings (SSSR count). The van der Waals surface area contributed by atoms with Gasteiger partial charge in [0.2, 0.25) is 0 Å². The average Bonchev–Trinajstić information content (AvgIpc) is 2.42. The molecule has 3 heteroatoms. The lowest BCUT2D eigenvalue weighted by molar-refractivity contribution is 0.378. The molecular weight excluding hydrogens is 236 g/mol. The van der Waals surface area contributed by atoms with Gasteiger partial charge in [-0.3, -0.25) is 0 Å². The van der Waals surface area contributed by atoms with Crippen LogP contribution >= 0.6 is 0 Å². The van der Waals surface area contributed by atoms with E-state index in [0.717, 1.165) is 18.8 Å². The Labute approximate surface area is 116 Å². The zero-order valence-electron chi connectivity index (χ0n) is 12.4. The minimum Gasteiger partial charge on any atom is -0.497 e. The highest BCUT2D eigenvalue weighted by Crippen LogP contribution is 2.32. The van der Waals surface area contributed by atoms with Crippen molar-refractivity contribution in [3.63, 3.8) is 0 Å². The van der Waals surface area contributed by atoms with Crippen LogP contribution in [0, 0.1) is 0 Å². The molecule has 3 nitrogen and oxygen atoms in total. The summed E-state index contributed by atoms with van der Waals surface area (Å²) in [5.41, 5.74) is 2.92. The van der Waals surface area contributed by atoms with Crippen molar-refractivity contribution >= 4 is 0 Å². The largest absolute Gasteiger partial charge is 0.497 e. The summed E-state index contributed by atoms with van der Waals surface area (Å²) in [5.74, 6) is 0.979. The number of hydrogen-bond donors (Lipinski definition) is 1. The van der Waals surface area contributed by atoms with Gasteiger partial charge in [-0.15, -0.1) is 0 Å². The van der Waals surface area contributed by atoms with E-state index in [4.69, 9.17) is 4.74 Å². The minimum atomic E-state index is 0.525. The Kier molecular flexibility index (Phi) is 5.23. The third-order valence-corrected chi connectivity index (χ3v) is 3.84. The molecule has 0 aromatic heterocycles. The van der Waals surface area contributed by atoms with Crippen LogP contribution < -0.4 is 10.1 Å². The molecule has 1 aliphatic rings. The molecule has 0 aliphatic heterocycles. The van der Waals surface area contributed by atoms with E-state index < -0.39 is 0 Å². The first kappa shape index (κ1) is 14.4. The maximum absolute atomic E-state index is 5.31. The Balaban J connectivity index is 1.94. The van der Waals surface area contributed by atoms with Gasteiger partial charge in [-0.25, -0.2) is 0 Å². The Morgan fingerprint density at radius 3 is 2.95 bits per heavy atom. The Morgan fingerprint density at radius 2 is 2.21 bits per heavy atom. The van der Waals surface area contributed by atoms with Gasteiger partial charge in [-0.05, 0) is 76.1 Å². The molecular formula is C16H26N2O. The zero-order chi connectivity index (χ0) is 13.7. The predicted molar refractivity (Wildman–Crippen MR) is 79.8 cm³/mol. The van der Waals surface area contributed by atoms with E-state index in [1.165, 1.54) is 36.8 Å². The Morgan fingerprint density at radius 1 is 1.37 bits per heavy atom. The highest BCUT2D eigenvalue weighted by molar-refractivity contribution is 5.39. The normalized spacial score (nSPS) is 18.4. The smallest absolute Gasteiger partial charge is 0.119 e. The molecule has 0 fully saturated rings. The summed E-state index contributed by atoms with van der Waals surface area (Å²) in [6, 6.07) is 7.04. The number of rotatable bonds is 6. The van der Waals surface area contributed by atoms with E-state index in [1.807, 2.05) is 0 Å². The van der Waals surface area contributed by atoms with Crippen molar-refractivity contribution in [1.29, 1.82) is 0 Å². The highest BCUT2D eigenvalue weighted by Gasteiger charge is 2.19. The second-order valence-corrected chi connectivity index (χ2v) is 5.62. The molecule has 1 aromatic carbocycles. The van der Waals surface area contributed by atoms with Crippen molar-refractivity contribution in [3.8, 4) is 5.75 Å². The fraction of sp³-hybridized carbons (Fsp3) is 0.625. The monoisotopic (exact) mass is 262 g/mol. The zero-order valence-corrected chi connectivity index (χ0v) is 12.4. The second-order valence-electron chi connectivity index (χ2n) is 5.62. The van der Waals surface area contributed by atoms with Crippen LogP contribution in [-0.4, -0.2) is 39.2 Å². The third kappa shape index (κ3) is 3.95. The molecule has 1 unspecified atom stereocenters. The highest BCUT2D eigenvalue weighted by atomic mass is 16.5. The van der Waals surface area contributed by atoms with Crippen LogP contribution in [0.25, 0.3) is 0 Å². The van der Waals surface area contributed by atoms with Crippen molar-refractivity contribution in [3.05, 3.63) is 29.3 Å². The van der Waals surface area contributed by atoms with Crippen LogP contribution in [0.4, 0.5) is 0 Å². The maximum Gasteiger partial charge on any atom is 0.119 e. The number of nitrogens with one attached hydrogen (secondary N) is 1. The Bertz CT molecular complexity index is 404. The summed E-state index contributed by atoms with van der Waals surface area (Å²) in [7, 11) is 5.99. The summed E-state index contributed by atoms with van der Waals surface area (Å²) in [4.78, 5) is 2.24. The van der Waals surface area contributed by atoms with Crippen molar-refractivity contribution in [1.82, 2.24) is 10.2 Å². The maximum atomic E-state index is 5.31. The molecule has 0 spiro atoms. The first-order valence-electron chi connectivity index (χ1n) is 7.25. The van der Waals surface area contributed by atoms with Gasteiger partial charge in [0.05, 0.1) is 7.11 Å². The van der Waals surface area contributed by atoms with E-state index in [9.17, 15) is 0 Å². The van der Waals surface area contributed by atoms with Crippen LogP contribution in [-0.2, 0) is 6.42 Å². The van der Waals surface area contributed by atoms with Gasteiger partial charge in [0.25, 0.3) is 0 Å². The molecule has 0 saturated carbocycles. The van der Waals surface area contributed by atoms with E-state index in [0.29, 0.717) is 6.04 Å². The second kappa shape index (κ2) is 6.92. The summed E-state index contributed by atoms with van der Waals surface area (Å²) in [5, 5.41) is 3.70. The van der Waals surface area contributed by atoms with Gasteiger partial charge in [0, 0.05) is 6.04 Å². The van der Waals surface area contributed by atoms with Crippen LogP contribution in [0.2, 0.25) is 0 Å². The van der Waals surface area contributed by atoms with Gasteiger partial charge < -0.3 is 15.0 Å². The van der Waals surface area contributed by atoms with E-state index in [1.54, 1.807) is 7.11 Å². The van der Waals surface area contributed by atoms with Crippen LogP contribution in [0.1, 0.15) is 36.4 Å². The number of hydrogen-bond acceptors (Lipinski definition) is 3. The van der Waals surface area contributed by atoms with Crippen molar-refractivity contribution in [2.45, 2.75) is 31.7 Å². The lowest BCUT2D eigenvalue weighted by Crippen LogP contribution is -2.28. The molecule has 1 atom stereocenters.